The minimum Gasteiger partial charge on any atom is -0.478 e. The number of carbonyl (C=O) groups excluding carboxylic acids is 1. The van der Waals surface area contributed by atoms with Crippen LogP contribution in [0.3, 0.4) is 0 Å². The minimum atomic E-state index is -1.10. The highest BCUT2D eigenvalue weighted by atomic mass is 32.2. The Kier molecular flexibility index (Phi) is 4.52. The predicted molar refractivity (Wildman–Crippen MR) is 55.3 cm³/mol. The molecule has 4 nitrogen and oxygen atoms in total. The molecule has 1 rings (SSSR count). The Labute approximate surface area is 86.8 Å². The van der Waals surface area contributed by atoms with Gasteiger partial charge in [0, 0.05) is 18.2 Å². The van der Waals surface area contributed by atoms with Gasteiger partial charge >= 0.3 is 5.97 Å². The molecule has 0 atom stereocenters. The first-order valence-electron chi connectivity index (χ1n) is 4.48. The van der Waals surface area contributed by atoms with Gasteiger partial charge in [-0.2, -0.15) is 11.8 Å². The van der Waals surface area contributed by atoms with Crippen molar-refractivity contribution in [1.82, 2.24) is 5.32 Å². The van der Waals surface area contributed by atoms with Gasteiger partial charge in [-0.05, 0) is 24.3 Å². The van der Waals surface area contributed by atoms with Crippen LogP contribution in [0.15, 0.2) is 12.2 Å². The molecule has 2 N–H and O–H groups in total. The van der Waals surface area contributed by atoms with E-state index in [1.165, 1.54) is 0 Å². The molecule has 1 heterocycles. The smallest absolute Gasteiger partial charge is 0.328 e. The first-order chi connectivity index (χ1) is 6.68. The quantitative estimate of drug-likeness (QED) is 0.678. The Balaban J connectivity index is 2.28. The van der Waals surface area contributed by atoms with Crippen LogP contribution in [0, 0.1) is 0 Å². The van der Waals surface area contributed by atoms with Gasteiger partial charge in [0.15, 0.2) is 0 Å². The summed E-state index contributed by atoms with van der Waals surface area (Å²) in [6, 6.07) is 0.210. The van der Waals surface area contributed by atoms with Crippen molar-refractivity contribution < 1.29 is 14.7 Å². The second kappa shape index (κ2) is 5.70. The molecule has 0 saturated carbocycles. The van der Waals surface area contributed by atoms with Gasteiger partial charge in [0.2, 0.25) is 5.91 Å². The molecule has 0 bridgehead atoms. The average Bonchev–Trinajstić information content (AvgIpc) is 2.16. The second-order valence-corrected chi connectivity index (χ2v) is 4.29. The lowest BCUT2D eigenvalue weighted by Gasteiger charge is -2.21. The van der Waals surface area contributed by atoms with E-state index in [1.807, 2.05) is 11.8 Å². The molecule has 14 heavy (non-hydrogen) atoms. The zero-order valence-electron chi connectivity index (χ0n) is 7.73. The van der Waals surface area contributed by atoms with Crippen LogP contribution in [0.25, 0.3) is 0 Å². The molecule has 1 aliphatic heterocycles. The second-order valence-electron chi connectivity index (χ2n) is 3.07. The number of thioether (sulfide) groups is 1. The van der Waals surface area contributed by atoms with Crippen LogP contribution in [0.5, 0.6) is 0 Å². The number of carbonyl (C=O) groups is 2. The Hall–Kier alpha value is -0.970. The molecule has 1 fully saturated rings. The lowest BCUT2D eigenvalue weighted by molar-refractivity contribution is -0.131. The molecule has 0 radical (unpaired) electrons. The van der Waals surface area contributed by atoms with E-state index in [4.69, 9.17) is 5.11 Å². The summed E-state index contributed by atoms with van der Waals surface area (Å²) in [7, 11) is 0. The predicted octanol–water partition coefficient (Wildman–Crippen LogP) is 0.639. The van der Waals surface area contributed by atoms with E-state index < -0.39 is 5.97 Å². The third-order valence-electron chi connectivity index (χ3n) is 1.94. The van der Waals surface area contributed by atoms with E-state index in [-0.39, 0.29) is 11.9 Å². The number of hydrogen-bond acceptors (Lipinski definition) is 3. The molecule has 0 aliphatic carbocycles. The molecular formula is C9H13NO3S. The van der Waals surface area contributed by atoms with Crippen LogP contribution < -0.4 is 5.32 Å². The summed E-state index contributed by atoms with van der Waals surface area (Å²) >= 11 is 1.88. The van der Waals surface area contributed by atoms with Crippen molar-refractivity contribution in [2.45, 2.75) is 18.9 Å². The average molecular weight is 215 g/mol. The Morgan fingerprint density at radius 3 is 2.50 bits per heavy atom. The fourth-order valence-electron chi connectivity index (χ4n) is 1.24. The maximum Gasteiger partial charge on any atom is 0.328 e. The van der Waals surface area contributed by atoms with Crippen molar-refractivity contribution in [2.75, 3.05) is 11.5 Å². The van der Waals surface area contributed by atoms with Crippen molar-refractivity contribution in [3.05, 3.63) is 12.2 Å². The fraction of sp³-hybridized carbons (Fsp3) is 0.556. The number of carboxylic acids is 1. The molecule has 0 aromatic carbocycles. The Morgan fingerprint density at radius 2 is 1.93 bits per heavy atom. The standard InChI is InChI=1S/C9H13NO3S/c11-8(1-2-9(12)13)10-7-3-5-14-6-4-7/h1-2,7H,3-6H2,(H,10,11)(H,12,13)/b2-1-. The van der Waals surface area contributed by atoms with Crippen LogP contribution in [0.2, 0.25) is 0 Å². The lowest BCUT2D eigenvalue weighted by Crippen LogP contribution is -2.36. The van der Waals surface area contributed by atoms with Crippen LogP contribution in [0.1, 0.15) is 12.8 Å². The first-order valence-corrected chi connectivity index (χ1v) is 5.63. The highest BCUT2D eigenvalue weighted by Gasteiger charge is 2.14. The number of carboxylic acid groups (broad SMARTS) is 1. The van der Waals surface area contributed by atoms with Gasteiger partial charge in [0.05, 0.1) is 0 Å². The van der Waals surface area contributed by atoms with Crippen LogP contribution in [-0.2, 0) is 9.59 Å². The summed E-state index contributed by atoms with van der Waals surface area (Å²) in [5, 5.41) is 11.1. The van der Waals surface area contributed by atoms with E-state index >= 15 is 0 Å². The maximum atomic E-state index is 11.1. The van der Waals surface area contributed by atoms with Crippen LogP contribution in [0.4, 0.5) is 0 Å². The first kappa shape index (κ1) is 11.1. The minimum absolute atomic E-state index is 0.210. The number of nitrogens with one attached hydrogen (secondary N) is 1. The lowest BCUT2D eigenvalue weighted by atomic mass is 10.1. The van der Waals surface area contributed by atoms with Gasteiger partial charge in [0.25, 0.3) is 0 Å². The van der Waals surface area contributed by atoms with E-state index in [9.17, 15) is 9.59 Å². The van der Waals surface area contributed by atoms with Gasteiger partial charge in [-0.3, -0.25) is 4.79 Å². The fourth-order valence-corrected chi connectivity index (χ4v) is 2.34. The van der Waals surface area contributed by atoms with Gasteiger partial charge in [-0.25, -0.2) is 4.79 Å². The SMILES string of the molecule is O=C(O)/C=C\C(=O)NC1CCSCC1. The third-order valence-corrected chi connectivity index (χ3v) is 2.99. The van der Waals surface area contributed by atoms with Gasteiger partial charge in [0.1, 0.15) is 0 Å². The molecule has 1 amide bonds. The number of aliphatic carboxylic acids is 1. The molecule has 0 aromatic rings. The molecule has 0 unspecified atom stereocenters. The molecule has 0 aromatic heterocycles. The van der Waals surface area contributed by atoms with E-state index in [2.05, 4.69) is 5.32 Å². The van der Waals surface area contributed by atoms with Gasteiger partial charge < -0.3 is 10.4 Å². The summed E-state index contributed by atoms with van der Waals surface area (Å²) in [6.07, 6.45) is 3.85. The van der Waals surface area contributed by atoms with Crippen LogP contribution >= 0.6 is 11.8 Å². The molecule has 1 aliphatic rings. The summed E-state index contributed by atoms with van der Waals surface area (Å²) in [6.45, 7) is 0. The Morgan fingerprint density at radius 1 is 1.29 bits per heavy atom. The molecule has 1 saturated heterocycles. The van der Waals surface area contributed by atoms with E-state index in [0.29, 0.717) is 0 Å². The van der Waals surface area contributed by atoms with Crippen LogP contribution in [-0.4, -0.2) is 34.5 Å². The molecule has 78 valence electrons. The summed E-state index contributed by atoms with van der Waals surface area (Å²) in [5.41, 5.74) is 0. The molecular weight excluding hydrogens is 202 g/mol. The van der Waals surface area contributed by atoms with Crippen molar-refractivity contribution in [3.63, 3.8) is 0 Å². The highest BCUT2D eigenvalue weighted by Crippen LogP contribution is 2.16. The monoisotopic (exact) mass is 215 g/mol. The number of rotatable bonds is 3. The highest BCUT2D eigenvalue weighted by molar-refractivity contribution is 7.99. The topological polar surface area (TPSA) is 66.4 Å². The number of hydrogen-bond donors (Lipinski definition) is 2. The van der Waals surface area contributed by atoms with Crippen molar-refractivity contribution in [1.29, 1.82) is 0 Å². The van der Waals surface area contributed by atoms with Crippen molar-refractivity contribution >= 4 is 23.6 Å². The van der Waals surface area contributed by atoms with Gasteiger partial charge in [-0.15, -0.1) is 0 Å². The summed E-state index contributed by atoms with van der Waals surface area (Å²) in [5.74, 6) is 0.713. The largest absolute Gasteiger partial charge is 0.478 e. The maximum absolute atomic E-state index is 11.1. The normalized spacial score (nSPS) is 18.3. The number of amides is 1. The van der Waals surface area contributed by atoms with E-state index in [1.54, 1.807) is 0 Å². The summed E-state index contributed by atoms with van der Waals surface area (Å²) in [4.78, 5) is 21.3. The zero-order valence-corrected chi connectivity index (χ0v) is 8.55. The molecule has 0 spiro atoms. The van der Waals surface area contributed by atoms with Crippen molar-refractivity contribution in [3.8, 4) is 0 Å². The van der Waals surface area contributed by atoms with Gasteiger partial charge in [-0.1, -0.05) is 0 Å². The third kappa shape index (κ3) is 4.32. The molecule has 5 heteroatoms. The zero-order chi connectivity index (χ0) is 10.4. The Bertz CT molecular complexity index is 246. The van der Waals surface area contributed by atoms with Crippen molar-refractivity contribution in [2.24, 2.45) is 0 Å². The summed E-state index contributed by atoms with van der Waals surface area (Å²) < 4.78 is 0. The van der Waals surface area contributed by atoms with E-state index in [0.717, 1.165) is 36.5 Å².